The van der Waals surface area contributed by atoms with Gasteiger partial charge in [-0.1, -0.05) is 24.3 Å². The molecule has 0 fully saturated rings. The van der Waals surface area contributed by atoms with Crippen LogP contribution in [0.25, 0.3) is 0 Å². The third-order valence-electron chi connectivity index (χ3n) is 2.41. The van der Waals surface area contributed by atoms with E-state index in [2.05, 4.69) is 6.58 Å². The molecule has 0 radical (unpaired) electrons. The van der Waals surface area contributed by atoms with Gasteiger partial charge in [-0.15, -0.1) is 0 Å². The Labute approximate surface area is 100 Å². The number of aliphatic hydroxyl groups excluding tert-OH is 1. The Morgan fingerprint density at radius 2 is 2.12 bits per heavy atom. The standard InChI is InChI=1S/C13H15NO3/c1-3-4-10(2)9-13(15)11-5-7-12(8-6-11)14(16)17/h3-8,13,15H,1,9H2,2H3/b10-4+. The Hall–Kier alpha value is -1.94. The number of allylic oxidation sites excluding steroid dienone is 2. The minimum atomic E-state index is -0.646. The predicted molar refractivity (Wildman–Crippen MR) is 66.6 cm³/mol. The molecule has 1 N–H and O–H groups in total. The molecule has 4 heteroatoms. The second-order valence-corrected chi connectivity index (χ2v) is 3.82. The maximum Gasteiger partial charge on any atom is 0.269 e. The Kier molecular flexibility index (Phi) is 4.60. The third-order valence-corrected chi connectivity index (χ3v) is 2.41. The molecule has 0 spiro atoms. The zero-order valence-electron chi connectivity index (χ0n) is 9.67. The molecule has 0 aliphatic heterocycles. The van der Waals surface area contributed by atoms with Crippen molar-refractivity contribution < 1.29 is 10.0 Å². The van der Waals surface area contributed by atoms with E-state index in [9.17, 15) is 15.2 Å². The van der Waals surface area contributed by atoms with Gasteiger partial charge in [0.15, 0.2) is 0 Å². The van der Waals surface area contributed by atoms with Crippen molar-refractivity contribution in [1.82, 2.24) is 0 Å². The molecule has 90 valence electrons. The molecule has 0 heterocycles. The van der Waals surface area contributed by atoms with Gasteiger partial charge in [0.1, 0.15) is 0 Å². The molecule has 0 bridgehead atoms. The van der Waals surface area contributed by atoms with Crippen LogP contribution in [0.4, 0.5) is 5.69 Å². The van der Waals surface area contributed by atoms with E-state index in [1.165, 1.54) is 12.1 Å². The van der Waals surface area contributed by atoms with Gasteiger partial charge < -0.3 is 5.11 Å². The first-order valence-electron chi connectivity index (χ1n) is 5.25. The molecule has 4 nitrogen and oxygen atoms in total. The zero-order valence-corrected chi connectivity index (χ0v) is 9.67. The summed E-state index contributed by atoms with van der Waals surface area (Å²) in [5, 5.41) is 20.4. The highest BCUT2D eigenvalue weighted by atomic mass is 16.6. The first kappa shape index (κ1) is 13.1. The van der Waals surface area contributed by atoms with Gasteiger partial charge in [0, 0.05) is 12.1 Å². The topological polar surface area (TPSA) is 63.4 Å². The number of nitrogens with zero attached hydrogens (tertiary/aromatic N) is 1. The van der Waals surface area contributed by atoms with Crippen LogP contribution in [0.5, 0.6) is 0 Å². The van der Waals surface area contributed by atoms with Gasteiger partial charge in [0.25, 0.3) is 5.69 Å². The number of nitro groups is 1. The Morgan fingerprint density at radius 3 is 2.59 bits per heavy atom. The minimum Gasteiger partial charge on any atom is -0.388 e. The second-order valence-electron chi connectivity index (χ2n) is 3.82. The van der Waals surface area contributed by atoms with Gasteiger partial charge in [-0.05, 0) is 31.0 Å². The lowest BCUT2D eigenvalue weighted by atomic mass is 10.0. The average Bonchev–Trinajstić information content (AvgIpc) is 2.29. The molecule has 1 aromatic carbocycles. The normalized spacial score (nSPS) is 13.2. The first-order valence-corrected chi connectivity index (χ1v) is 5.25. The van der Waals surface area contributed by atoms with Crippen molar-refractivity contribution in [2.45, 2.75) is 19.4 Å². The number of hydrogen-bond donors (Lipinski definition) is 1. The molecule has 0 amide bonds. The SMILES string of the molecule is C=C/C=C(\C)CC(O)c1ccc([N+](=O)[O-])cc1. The van der Waals surface area contributed by atoms with E-state index in [4.69, 9.17) is 0 Å². The van der Waals surface area contributed by atoms with E-state index in [1.807, 2.05) is 13.0 Å². The second kappa shape index (κ2) is 5.96. The smallest absolute Gasteiger partial charge is 0.269 e. The number of nitro benzene ring substituents is 1. The van der Waals surface area contributed by atoms with E-state index >= 15 is 0 Å². The lowest BCUT2D eigenvalue weighted by Gasteiger charge is -2.10. The maximum absolute atomic E-state index is 10.5. The van der Waals surface area contributed by atoms with Crippen molar-refractivity contribution in [2.75, 3.05) is 0 Å². The van der Waals surface area contributed by atoms with Crippen LogP contribution in [0.15, 0.2) is 48.6 Å². The number of hydrogen-bond acceptors (Lipinski definition) is 3. The fraction of sp³-hybridized carbons (Fsp3) is 0.231. The van der Waals surface area contributed by atoms with Gasteiger partial charge in [-0.25, -0.2) is 0 Å². The molecule has 1 aromatic rings. The molecule has 0 aliphatic carbocycles. The van der Waals surface area contributed by atoms with E-state index < -0.39 is 11.0 Å². The molecule has 0 aromatic heterocycles. The van der Waals surface area contributed by atoms with Crippen LogP contribution in [0.1, 0.15) is 25.0 Å². The number of rotatable bonds is 5. The highest BCUT2D eigenvalue weighted by Crippen LogP contribution is 2.22. The van der Waals surface area contributed by atoms with Gasteiger partial charge in [0.2, 0.25) is 0 Å². The first-order chi connectivity index (χ1) is 8.04. The number of aliphatic hydroxyl groups is 1. The van der Waals surface area contributed by atoms with E-state index in [0.29, 0.717) is 12.0 Å². The molecule has 0 saturated heterocycles. The van der Waals surface area contributed by atoms with Crippen LogP contribution < -0.4 is 0 Å². The van der Waals surface area contributed by atoms with Crippen LogP contribution in [0.3, 0.4) is 0 Å². The van der Waals surface area contributed by atoms with Gasteiger partial charge >= 0.3 is 0 Å². The summed E-state index contributed by atoms with van der Waals surface area (Å²) in [7, 11) is 0. The van der Waals surface area contributed by atoms with E-state index in [0.717, 1.165) is 5.57 Å². The van der Waals surface area contributed by atoms with Crippen molar-refractivity contribution >= 4 is 5.69 Å². The number of non-ortho nitro benzene ring substituents is 1. The van der Waals surface area contributed by atoms with Crippen molar-refractivity contribution in [3.8, 4) is 0 Å². The molecule has 1 rings (SSSR count). The van der Waals surface area contributed by atoms with Crippen LogP contribution in [0, 0.1) is 10.1 Å². The highest BCUT2D eigenvalue weighted by Gasteiger charge is 2.10. The van der Waals surface area contributed by atoms with Crippen molar-refractivity contribution in [2.24, 2.45) is 0 Å². The Balaban J connectivity index is 2.76. The van der Waals surface area contributed by atoms with Gasteiger partial charge in [-0.3, -0.25) is 10.1 Å². The summed E-state index contributed by atoms with van der Waals surface area (Å²) in [6.07, 6.45) is 3.34. The monoisotopic (exact) mass is 233 g/mol. The predicted octanol–water partition coefficient (Wildman–Crippen LogP) is 3.15. The molecule has 0 saturated carbocycles. The fourth-order valence-electron chi connectivity index (χ4n) is 1.51. The third kappa shape index (κ3) is 3.85. The Bertz CT molecular complexity index is 434. The molecule has 1 atom stereocenters. The summed E-state index contributed by atoms with van der Waals surface area (Å²) >= 11 is 0. The zero-order chi connectivity index (χ0) is 12.8. The quantitative estimate of drug-likeness (QED) is 0.482. The van der Waals surface area contributed by atoms with Crippen LogP contribution >= 0.6 is 0 Å². The summed E-state index contributed by atoms with van der Waals surface area (Å²) in [4.78, 5) is 10.0. The van der Waals surface area contributed by atoms with Crippen molar-refractivity contribution in [3.63, 3.8) is 0 Å². The summed E-state index contributed by atoms with van der Waals surface area (Å²) in [5.41, 5.74) is 1.71. The van der Waals surface area contributed by atoms with Gasteiger partial charge in [0.05, 0.1) is 11.0 Å². The van der Waals surface area contributed by atoms with Crippen LogP contribution in [-0.4, -0.2) is 10.0 Å². The van der Waals surface area contributed by atoms with E-state index in [-0.39, 0.29) is 5.69 Å². The van der Waals surface area contributed by atoms with E-state index in [1.54, 1.807) is 18.2 Å². The minimum absolute atomic E-state index is 0.0271. The Morgan fingerprint density at radius 1 is 1.53 bits per heavy atom. The van der Waals surface area contributed by atoms with Gasteiger partial charge in [-0.2, -0.15) is 0 Å². The maximum atomic E-state index is 10.5. The lowest BCUT2D eigenvalue weighted by Crippen LogP contribution is -1.98. The average molecular weight is 233 g/mol. The summed E-state index contributed by atoms with van der Waals surface area (Å²) in [6.45, 7) is 5.48. The largest absolute Gasteiger partial charge is 0.388 e. The molecule has 0 aliphatic rings. The summed E-state index contributed by atoms with van der Waals surface area (Å²) in [5.74, 6) is 0. The molecule has 17 heavy (non-hydrogen) atoms. The highest BCUT2D eigenvalue weighted by molar-refractivity contribution is 5.34. The lowest BCUT2D eigenvalue weighted by molar-refractivity contribution is -0.384. The molecular weight excluding hydrogens is 218 g/mol. The summed E-state index contributed by atoms with van der Waals surface area (Å²) < 4.78 is 0. The van der Waals surface area contributed by atoms with Crippen LogP contribution in [0.2, 0.25) is 0 Å². The summed E-state index contributed by atoms with van der Waals surface area (Å²) in [6, 6.07) is 5.93. The number of benzene rings is 1. The van der Waals surface area contributed by atoms with Crippen molar-refractivity contribution in [1.29, 1.82) is 0 Å². The molecule has 1 unspecified atom stereocenters. The fourth-order valence-corrected chi connectivity index (χ4v) is 1.51. The van der Waals surface area contributed by atoms with Crippen LogP contribution in [-0.2, 0) is 0 Å². The molecular formula is C13H15NO3. The van der Waals surface area contributed by atoms with Crippen molar-refractivity contribution in [3.05, 3.63) is 64.2 Å².